The van der Waals surface area contributed by atoms with Gasteiger partial charge in [0.15, 0.2) is 5.58 Å². The van der Waals surface area contributed by atoms with Gasteiger partial charge < -0.3 is 9.15 Å². The predicted molar refractivity (Wildman–Crippen MR) is 84.0 cm³/mol. The molecule has 0 amide bonds. The van der Waals surface area contributed by atoms with E-state index in [0.29, 0.717) is 24.1 Å². The van der Waals surface area contributed by atoms with Crippen molar-refractivity contribution in [3.8, 4) is 0 Å². The summed E-state index contributed by atoms with van der Waals surface area (Å²) in [6, 6.07) is 8.34. The Morgan fingerprint density at radius 1 is 1.23 bits per heavy atom. The number of fused-ring (bicyclic) bond motifs is 1. The number of para-hydroxylation sites is 2. The number of nitrogens with zero attached hydrogens (tertiary/aromatic N) is 2. The molecule has 118 valence electrons. The Hall–Kier alpha value is -1.59. The van der Waals surface area contributed by atoms with Crippen LogP contribution in [-0.4, -0.2) is 41.8 Å². The molecule has 4 rings (SSSR count). The van der Waals surface area contributed by atoms with Crippen molar-refractivity contribution >= 4 is 11.1 Å². The van der Waals surface area contributed by atoms with Crippen molar-refractivity contribution in [3.63, 3.8) is 0 Å². The summed E-state index contributed by atoms with van der Waals surface area (Å²) in [6.07, 6.45) is 3.74. The van der Waals surface area contributed by atoms with E-state index >= 15 is 0 Å². The highest BCUT2D eigenvalue weighted by molar-refractivity contribution is 5.72. The Morgan fingerprint density at radius 3 is 2.86 bits per heavy atom. The van der Waals surface area contributed by atoms with E-state index in [-0.39, 0.29) is 5.76 Å². The third-order valence-electron chi connectivity index (χ3n) is 4.76. The minimum Gasteiger partial charge on any atom is -0.408 e. The number of hydrogen-bond acceptors (Lipinski definition) is 4. The molecule has 2 heterocycles. The first-order valence-corrected chi connectivity index (χ1v) is 8.21. The van der Waals surface area contributed by atoms with Crippen molar-refractivity contribution in [3.05, 3.63) is 34.8 Å². The highest BCUT2D eigenvalue weighted by Crippen LogP contribution is 2.29. The zero-order chi connectivity index (χ0) is 14.9. The maximum atomic E-state index is 12.0. The summed E-state index contributed by atoms with van der Waals surface area (Å²) >= 11 is 0. The van der Waals surface area contributed by atoms with Crippen LogP contribution in [0.1, 0.15) is 19.3 Å². The molecule has 2 aliphatic rings. The first-order chi connectivity index (χ1) is 10.8. The maximum Gasteiger partial charge on any atom is 0.419 e. The van der Waals surface area contributed by atoms with Gasteiger partial charge in [0.25, 0.3) is 0 Å². The van der Waals surface area contributed by atoms with E-state index in [9.17, 15) is 4.79 Å². The second kappa shape index (κ2) is 5.89. The van der Waals surface area contributed by atoms with Crippen LogP contribution in [0.15, 0.2) is 33.5 Å². The lowest BCUT2D eigenvalue weighted by Gasteiger charge is -2.24. The van der Waals surface area contributed by atoms with Gasteiger partial charge in [0.1, 0.15) is 0 Å². The van der Waals surface area contributed by atoms with Gasteiger partial charge in [0.2, 0.25) is 0 Å². The molecule has 22 heavy (non-hydrogen) atoms. The van der Waals surface area contributed by atoms with Crippen LogP contribution in [0.5, 0.6) is 0 Å². The largest absolute Gasteiger partial charge is 0.419 e. The van der Waals surface area contributed by atoms with Crippen LogP contribution in [0.4, 0.5) is 0 Å². The molecule has 1 saturated heterocycles. The van der Waals surface area contributed by atoms with E-state index < -0.39 is 0 Å². The summed E-state index contributed by atoms with van der Waals surface area (Å²) in [4.78, 5) is 14.6. The molecule has 1 atom stereocenters. The van der Waals surface area contributed by atoms with Gasteiger partial charge in [-0.3, -0.25) is 9.47 Å². The molecule has 2 aromatic rings. The van der Waals surface area contributed by atoms with Gasteiger partial charge in [0, 0.05) is 32.3 Å². The number of ether oxygens (including phenoxy) is 1. The Kier molecular flexibility index (Phi) is 3.76. The molecular formula is C17H22N2O3. The van der Waals surface area contributed by atoms with Crippen molar-refractivity contribution in [1.29, 1.82) is 0 Å². The Morgan fingerprint density at radius 2 is 2.09 bits per heavy atom. The summed E-state index contributed by atoms with van der Waals surface area (Å²) in [7, 11) is 0. The highest BCUT2D eigenvalue weighted by atomic mass is 16.5. The Bertz CT molecular complexity index is 695. The van der Waals surface area contributed by atoms with Crippen LogP contribution in [0.25, 0.3) is 11.1 Å². The summed E-state index contributed by atoms with van der Waals surface area (Å²) in [5.74, 6) is 0.402. The molecule has 1 aliphatic heterocycles. The molecule has 5 nitrogen and oxygen atoms in total. The topological polar surface area (TPSA) is 47.6 Å². The van der Waals surface area contributed by atoms with Crippen molar-refractivity contribution in [2.45, 2.75) is 31.8 Å². The molecule has 1 aromatic carbocycles. The van der Waals surface area contributed by atoms with Crippen LogP contribution in [0, 0.1) is 5.92 Å². The van der Waals surface area contributed by atoms with E-state index in [1.165, 1.54) is 12.8 Å². The molecule has 0 spiro atoms. The standard InChI is InChI=1S/C17H22N2O3/c20-17-19(15-3-1-2-4-16(15)22-17)9-8-18(14-5-6-14)11-13-7-10-21-12-13/h1-4,13-14H,5-12H2/t13-/m0/s1. The van der Waals surface area contributed by atoms with E-state index in [0.717, 1.165) is 38.2 Å². The first kappa shape index (κ1) is 14.0. The smallest absolute Gasteiger partial charge is 0.408 e. The molecule has 0 radical (unpaired) electrons. The lowest BCUT2D eigenvalue weighted by Crippen LogP contribution is -2.35. The fourth-order valence-electron chi connectivity index (χ4n) is 3.38. The third kappa shape index (κ3) is 2.83. The summed E-state index contributed by atoms with van der Waals surface area (Å²) in [6.45, 7) is 4.48. The number of hydrogen-bond donors (Lipinski definition) is 0. The van der Waals surface area contributed by atoms with Crippen LogP contribution in [-0.2, 0) is 11.3 Å². The van der Waals surface area contributed by atoms with Crippen LogP contribution in [0.2, 0.25) is 0 Å². The molecule has 1 aromatic heterocycles. The Balaban J connectivity index is 1.47. The zero-order valence-electron chi connectivity index (χ0n) is 12.7. The van der Waals surface area contributed by atoms with E-state index in [2.05, 4.69) is 4.90 Å². The van der Waals surface area contributed by atoms with E-state index in [4.69, 9.17) is 9.15 Å². The van der Waals surface area contributed by atoms with Gasteiger partial charge in [-0.15, -0.1) is 0 Å². The predicted octanol–water partition coefficient (Wildman–Crippen LogP) is 2.10. The lowest BCUT2D eigenvalue weighted by atomic mass is 10.1. The van der Waals surface area contributed by atoms with Gasteiger partial charge >= 0.3 is 5.76 Å². The number of oxazole rings is 1. The fraction of sp³-hybridized carbons (Fsp3) is 0.588. The fourth-order valence-corrected chi connectivity index (χ4v) is 3.38. The monoisotopic (exact) mass is 302 g/mol. The third-order valence-corrected chi connectivity index (χ3v) is 4.76. The summed E-state index contributed by atoms with van der Waals surface area (Å²) < 4.78 is 12.6. The zero-order valence-corrected chi connectivity index (χ0v) is 12.7. The number of benzene rings is 1. The number of rotatable bonds is 6. The molecule has 1 aliphatic carbocycles. The van der Waals surface area contributed by atoms with Gasteiger partial charge in [-0.1, -0.05) is 12.1 Å². The number of aromatic nitrogens is 1. The second-order valence-corrected chi connectivity index (χ2v) is 6.44. The van der Waals surface area contributed by atoms with Crippen molar-refractivity contribution in [2.24, 2.45) is 5.92 Å². The minimum atomic E-state index is -0.249. The van der Waals surface area contributed by atoms with Crippen LogP contribution >= 0.6 is 0 Å². The highest BCUT2D eigenvalue weighted by Gasteiger charge is 2.31. The minimum absolute atomic E-state index is 0.249. The maximum absolute atomic E-state index is 12.0. The van der Waals surface area contributed by atoms with Gasteiger partial charge in [-0.25, -0.2) is 4.79 Å². The van der Waals surface area contributed by atoms with Crippen molar-refractivity contribution < 1.29 is 9.15 Å². The molecule has 0 N–H and O–H groups in total. The average Bonchev–Trinajstić information content (AvgIpc) is 3.15. The lowest BCUT2D eigenvalue weighted by molar-refractivity contribution is 0.162. The van der Waals surface area contributed by atoms with Gasteiger partial charge in [0.05, 0.1) is 12.1 Å². The molecule has 0 bridgehead atoms. The molecular weight excluding hydrogens is 280 g/mol. The van der Waals surface area contributed by atoms with Crippen LogP contribution in [0.3, 0.4) is 0 Å². The molecule has 0 unspecified atom stereocenters. The van der Waals surface area contributed by atoms with Crippen LogP contribution < -0.4 is 5.76 Å². The summed E-state index contributed by atoms with van der Waals surface area (Å²) in [5.41, 5.74) is 1.57. The average molecular weight is 302 g/mol. The summed E-state index contributed by atoms with van der Waals surface area (Å²) in [5, 5.41) is 0. The van der Waals surface area contributed by atoms with E-state index in [1.54, 1.807) is 4.57 Å². The van der Waals surface area contributed by atoms with E-state index in [1.807, 2.05) is 24.3 Å². The quantitative estimate of drug-likeness (QED) is 0.820. The van der Waals surface area contributed by atoms with Gasteiger partial charge in [-0.2, -0.15) is 0 Å². The normalized spacial score (nSPS) is 22.0. The molecule has 2 fully saturated rings. The molecule has 5 heteroatoms. The van der Waals surface area contributed by atoms with Crippen molar-refractivity contribution in [1.82, 2.24) is 9.47 Å². The first-order valence-electron chi connectivity index (χ1n) is 8.21. The van der Waals surface area contributed by atoms with Crippen molar-refractivity contribution in [2.75, 3.05) is 26.3 Å². The molecule has 1 saturated carbocycles. The van der Waals surface area contributed by atoms with Gasteiger partial charge in [-0.05, 0) is 37.3 Å². The second-order valence-electron chi connectivity index (χ2n) is 6.44. The SMILES string of the molecule is O=c1oc2ccccc2n1CCN(C[C@@H]1CCOC1)C1CC1. The Labute approximate surface area is 129 Å².